The molecule has 33 heavy (non-hydrogen) atoms. The Morgan fingerprint density at radius 3 is 2.61 bits per heavy atom. The fraction of sp³-hybridized carbons (Fsp3) is 0.280. The molecule has 0 fully saturated rings. The summed E-state index contributed by atoms with van der Waals surface area (Å²) in [5.41, 5.74) is 0.691. The molecule has 1 N–H and O–H groups in total. The lowest BCUT2D eigenvalue weighted by Gasteiger charge is -2.29. The quantitative estimate of drug-likeness (QED) is 0.343. The van der Waals surface area contributed by atoms with E-state index in [4.69, 9.17) is 27.9 Å². The average Bonchev–Trinajstić information content (AvgIpc) is 2.81. The SMILES string of the molecule is CCCNC(=O)[C@H](C)N(Cc1ccc(Cl)cc1Cl)C(=O)COc1ccc2ccccc2c1Br. The summed E-state index contributed by atoms with van der Waals surface area (Å²) in [5.74, 6) is -0.0167. The van der Waals surface area contributed by atoms with Crippen LogP contribution in [-0.4, -0.2) is 35.9 Å². The van der Waals surface area contributed by atoms with E-state index in [1.54, 1.807) is 25.1 Å². The molecule has 2 amide bonds. The summed E-state index contributed by atoms with van der Waals surface area (Å²) >= 11 is 15.9. The third-order valence-electron chi connectivity index (χ3n) is 5.25. The second-order valence-electron chi connectivity index (χ2n) is 7.61. The zero-order valence-electron chi connectivity index (χ0n) is 18.4. The second kappa shape index (κ2) is 11.7. The lowest BCUT2D eigenvalue weighted by Crippen LogP contribution is -2.49. The highest BCUT2D eigenvalue weighted by Crippen LogP contribution is 2.33. The number of hydrogen-bond acceptors (Lipinski definition) is 3. The summed E-state index contributed by atoms with van der Waals surface area (Å²) in [6.07, 6.45) is 0.800. The minimum Gasteiger partial charge on any atom is -0.483 e. The largest absolute Gasteiger partial charge is 0.483 e. The van der Waals surface area contributed by atoms with Crippen LogP contribution in [0.3, 0.4) is 0 Å². The lowest BCUT2D eigenvalue weighted by molar-refractivity contribution is -0.142. The maximum atomic E-state index is 13.2. The van der Waals surface area contributed by atoms with Gasteiger partial charge in [-0.15, -0.1) is 0 Å². The first-order chi connectivity index (χ1) is 15.8. The Balaban J connectivity index is 1.80. The van der Waals surface area contributed by atoms with E-state index >= 15 is 0 Å². The van der Waals surface area contributed by atoms with Crippen molar-refractivity contribution in [2.45, 2.75) is 32.9 Å². The molecule has 3 rings (SSSR count). The van der Waals surface area contributed by atoms with Gasteiger partial charge in [0, 0.05) is 23.1 Å². The topological polar surface area (TPSA) is 58.6 Å². The Labute approximate surface area is 212 Å². The molecule has 0 aromatic heterocycles. The molecule has 0 saturated carbocycles. The molecule has 0 aliphatic heterocycles. The van der Waals surface area contributed by atoms with Gasteiger partial charge >= 0.3 is 0 Å². The van der Waals surface area contributed by atoms with Gasteiger partial charge < -0.3 is 15.0 Å². The van der Waals surface area contributed by atoms with Crippen LogP contribution < -0.4 is 10.1 Å². The number of ether oxygens (including phenoxy) is 1. The molecule has 0 bridgehead atoms. The highest BCUT2D eigenvalue weighted by atomic mass is 79.9. The molecule has 3 aromatic carbocycles. The number of carbonyl (C=O) groups is 2. The molecule has 0 saturated heterocycles. The summed E-state index contributed by atoms with van der Waals surface area (Å²) in [4.78, 5) is 27.3. The predicted molar refractivity (Wildman–Crippen MR) is 137 cm³/mol. The molecule has 5 nitrogen and oxygen atoms in total. The van der Waals surface area contributed by atoms with Gasteiger partial charge in [-0.3, -0.25) is 9.59 Å². The normalized spacial score (nSPS) is 11.8. The second-order valence-corrected chi connectivity index (χ2v) is 9.25. The highest BCUT2D eigenvalue weighted by Gasteiger charge is 2.27. The Morgan fingerprint density at radius 2 is 1.88 bits per heavy atom. The van der Waals surface area contributed by atoms with Gasteiger partial charge in [-0.05, 0) is 63.8 Å². The molecule has 0 aliphatic rings. The van der Waals surface area contributed by atoms with Gasteiger partial charge in [-0.1, -0.05) is 66.5 Å². The van der Waals surface area contributed by atoms with Crippen molar-refractivity contribution in [2.24, 2.45) is 0 Å². The van der Waals surface area contributed by atoms with E-state index in [0.29, 0.717) is 27.9 Å². The van der Waals surface area contributed by atoms with Crippen molar-refractivity contribution in [3.05, 3.63) is 74.7 Å². The fourth-order valence-electron chi connectivity index (χ4n) is 3.36. The van der Waals surface area contributed by atoms with Crippen LogP contribution in [-0.2, 0) is 16.1 Å². The van der Waals surface area contributed by atoms with Crippen molar-refractivity contribution < 1.29 is 14.3 Å². The average molecular weight is 552 g/mol. The van der Waals surface area contributed by atoms with Gasteiger partial charge in [-0.2, -0.15) is 0 Å². The van der Waals surface area contributed by atoms with Crippen molar-refractivity contribution >= 4 is 61.7 Å². The molecule has 8 heteroatoms. The molecule has 174 valence electrons. The number of nitrogens with one attached hydrogen (secondary N) is 1. The number of halogens is 3. The van der Waals surface area contributed by atoms with Crippen LogP contribution in [0.5, 0.6) is 5.75 Å². The summed E-state index contributed by atoms with van der Waals surface area (Å²) in [7, 11) is 0. The number of benzene rings is 3. The fourth-order valence-corrected chi connectivity index (χ4v) is 4.44. The van der Waals surface area contributed by atoms with E-state index in [9.17, 15) is 9.59 Å². The molecule has 3 aromatic rings. The molecule has 0 heterocycles. The highest BCUT2D eigenvalue weighted by molar-refractivity contribution is 9.10. The van der Waals surface area contributed by atoms with Gasteiger partial charge in [0.1, 0.15) is 11.8 Å². The monoisotopic (exact) mass is 550 g/mol. The van der Waals surface area contributed by atoms with Gasteiger partial charge in [0.05, 0.1) is 4.47 Å². The van der Waals surface area contributed by atoms with Crippen molar-refractivity contribution in [3.63, 3.8) is 0 Å². The van der Waals surface area contributed by atoms with Crippen LogP contribution >= 0.6 is 39.1 Å². The van der Waals surface area contributed by atoms with E-state index in [1.165, 1.54) is 4.90 Å². The third kappa shape index (κ3) is 6.40. The first kappa shape index (κ1) is 25.3. The maximum absolute atomic E-state index is 13.2. The van der Waals surface area contributed by atoms with E-state index < -0.39 is 6.04 Å². The van der Waals surface area contributed by atoms with Gasteiger partial charge in [-0.25, -0.2) is 0 Å². The van der Waals surface area contributed by atoms with Gasteiger partial charge in [0.15, 0.2) is 6.61 Å². The maximum Gasteiger partial charge on any atom is 0.261 e. The molecule has 1 atom stereocenters. The number of nitrogens with zero attached hydrogens (tertiary/aromatic N) is 1. The summed E-state index contributed by atoms with van der Waals surface area (Å²) in [6, 6.07) is 16.0. The number of carbonyl (C=O) groups excluding carboxylic acids is 2. The Morgan fingerprint density at radius 1 is 1.12 bits per heavy atom. The standard InChI is InChI=1S/C25H25BrCl2N2O3/c1-3-12-29-25(32)16(2)30(14-18-8-10-19(27)13-21(18)28)23(31)15-33-22-11-9-17-6-4-5-7-20(17)24(22)26/h4-11,13,16H,3,12,14-15H2,1-2H3,(H,29,32)/t16-/m0/s1. The van der Waals surface area contributed by atoms with E-state index in [2.05, 4.69) is 21.2 Å². The summed E-state index contributed by atoms with van der Waals surface area (Å²) < 4.78 is 6.63. The van der Waals surface area contributed by atoms with Crippen molar-refractivity contribution in [1.82, 2.24) is 10.2 Å². The molecule has 0 unspecified atom stereocenters. The first-order valence-electron chi connectivity index (χ1n) is 10.6. The van der Waals surface area contributed by atoms with Crippen molar-refractivity contribution in [3.8, 4) is 5.75 Å². The minimum atomic E-state index is -0.709. The van der Waals surface area contributed by atoms with Crippen LogP contribution in [0.25, 0.3) is 10.8 Å². The number of rotatable bonds is 9. The minimum absolute atomic E-state index is 0.151. The van der Waals surface area contributed by atoms with E-state index in [0.717, 1.165) is 21.7 Å². The van der Waals surface area contributed by atoms with Crippen molar-refractivity contribution in [2.75, 3.05) is 13.2 Å². The number of amides is 2. The molecular formula is C25H25BrCl2N2O3. The van der Waals surface area contributed by atoms with Crippen molar-refractivity contribution in [1.29, 1.82) is 0 Å². The zero-order valence-corrected chi connectivity index (χ0v) is 21.5. The number of hydrogen-bond donors (Lipinski definition) is 1. The van der Waals surface area contributed by atoms with Crippen LogP contribution in [0, 0.1) is 0 Å². The molecular weight excluding hydrogens is 527 g/mol. The summed E-state index contributed by atoms with van der Waals surface area (Å²) in [5, 5.41) is 5.82. The first-order valence-corrected chi connectivity index (χ1v) is 12.2. The summed E-state index contributed by atoms with van der Waals surface area (Å²) in [6.45, 7) is 4.12. The Kier molecular flexibility index (Phi) is 9.01. The Bertz CT molecular complexity index is 1160. The zero-order chi connectivity index (χ0) is 24.0. The van der Waals surface area contributed by atoms with Gasteiger partial charge in [0.2, 0.25) is 5.91 Å². The van der Waals surface area contributed by atoms with Crippen LogP contribution in [0.4, 0.5) is 0 Å². The third-order valence-corrected chi connectivity index (χ3v) is 6.66. The lowest BCUT2D eigenvalue weighted by atomic mass is 10.1. The molecule has 0 aliphatic carbocycles. The van der Waals surface area contributed by atoms with E-state index in [-0.39, 0.29) is 25.0 Å². The Hall–Kier alpha value is -2.28. The van der Waals surface area contributed by atoms with Crippen LogP contribution in [0.2, 0.25) is 10.0 Å². The van der Waals surface area contributed by atoms with E-state index in [1.807, 2.05) is 43.3 Å². The molecule has 0 spiro atoms. The van der Waals surface area contributed by atoms with Crippen LogP contribution in [0.15, 0.2) is 59.1 Å². The number of fused-ring (bicyclic) bond motifs is 1. The van der Waals surface area contributed by atoms with Gasteiger partial charge in [0.25, 0.3) is 5.91 Å². The molecule has 0 radical (unpaired) electrons. The predicted octanol–water partition coefficient (Wildman–Crippen LogP) is 6.23. The van der Waals surface area contributed by atoms with Crippen LogP contribution in [0.1, 0.15) is 25.8 Å². The smallest absolute Gasteiger partial charge is 0.261 e.